The molecule has 11 heavy (non-hydrogen) atoms. The summed E-state index contributed by atoms with van der Waals surface area (Å²) in [6.45, 7) is 6.20. The molecule has 0 aromatic carbocycles. The predicted molar refractivity (Wildman–Crippen MR) is 54.6 cm³/mol. The lowest BCUT2D eigenvalue weighted by molar-refractivity contribution is 0.195. The van der Waals surface area contributed by atoms with Crippen molar-refractivity contribution in [2.45, 2.75) is 32.7 Å². The highest BCUT2D eigenvalue weighted by molar-refractivity contribution is 8.93. The molecular weight excluding hydrogens is 206 g/mol. The van der Waals surface area contributed by atoms with Crippen LogP contribution in [0.3, 0.4) is 0 Å². The van der Waals surface area contributed by atoms with Gasteiger partial charge >= 0.3 is 0 Å². The maximum atomic E-state index is 4.92. The standard InChI is InChI=1S/C8H19NO.BrH/c1-4-8(5-2)9-6-7-10-3;/h8-9H,4-7H2,1-3H3;1H. The number of halogens is 1. The Kier molecular flexibility index (Phi) is 13.2. The summed E-state index contributed by atoms with van der Waals surface area (Å²) in [5, 5.41) is 3.40. The SMILES string of the molecule is Br.CCC(CC)NCCOC. The Balaban J connectivity index is 0. The zero-order valence-electron chi connectivity index (χ0n) is 7.72. The van der Waals surface area contributed by atoms with Crippen LogP contribution in [0, 0.1) is 0 Å². The molecule has 0 spiro atoms. The Labute approximate surface area is 80.5 Å². The van der Waals surface area contributed by atoms with E-state index >= 15 is 0 Å². The van der Waals surface area contributed by atoms with Crippen LogP contribution in [0.1, 0.15) is 26.7 Å². The van der Waals surface area contributed by atoms with Crippen molar-refractivity contribution in [3.63, 3.8) is 0 Å². The van der Waals surface area contributed by atoms with E-state index in [1.807, 2.05) is 0 Å². The first kappa shape index (κ1) is 14.0. The Hall–Kier alpha value is 0.400. The Morgan fingerprint density at radius 1 is 1.27 bits per heavy atom. The first-order chi connectivity index (χ1) is 4.85. The van der Waals surface area contributed by atoms with E-state index in [4.69, 9.17) is 4.74 Å². The first-order valence-corrected chi connectivity index (χ1v) is 4.07. The minimum Gasteiger partial charge on any atom is -0.383 e. The molecule has 0 amide bonds. The van der Waals surface area contributed by atoms with E-state index in [1.54, 1.807) is 7.11 Å². The van der Waals surface area contributed by atoms with E-state index < -0.39 is 0 Å². The molecule has 0 saturated heterocycles. The van der Waals surface area contributed by atoms with E-state index in [0.29, 0.717) is 6.04 Å². The number of rotatable bonds is 6. The van der Waals surface area contributed by atoms with Crippen molar-refractivity contribution in [2.24, 2.45) is 0 Å². The van der Waals surface area contributed by atoms with Crippen LogP contribution >= 0.6 is 17.0 Å². The van der Waals surface area contributed by atoms with Crippen molar-refractivity contribution < 1.29 is 4.74 Å². The molecular formula is C8H20BrNO. The third kappa shape index (κ3) is 8.30. The van der Waals surface area contributed by atoms with Crippen molar-refractivity contribution in [1.29, 1.82) is 0 Å². The van der Waals surface area contributed by atoms with Gasteiger partial charge in [-0.25, -0.2) is 0 Å². The molecule has 0 saturated carbocycles. The summed E-state index contributed by atoms with van der Waals surface area (Å²) < 4.78 is 4.92. The maximum absolute atomic E-state index is 4.92. The molecule has 0 aliphatic carbocycles. The summed E-state index contributed by atoms with van der Waals surface area (Å²) in [6.07, 6.45) is 2.42. The van der Waals surface area contributed by atoms with Crippen LogP contribution < -0.4 is 5.32 Å². The number of nitrogens with one attached hydrogen (secondary N) is 1. The highest BCUT2D eigenvalue weighted by Crippen LogP contribution is 1.94. The molecule has 70 valence electrons. The zero-order valence-corrected chi connectivity index (χ0v) is 9.44. The van der Waals surface area contributed by atoms with Gasteiger partial charge in [-0.15, -0.1) is 17.0 Å². The second kappa shape index (κ2) is 10.4. The van der Waals surface area contributed by atoms with E-state index in [2.05, 4.69) is 19.2 Å². The molecule has 0 heterocycles. The van der Waals surface area contributed by atoms with Crippen LogP contribution in [0.5, 0.6) is 0 Å². The van der Waals surface area contributed by atoms with E-state index in [-0.39, 0.29) is 17.0 Å². The third-order valence-electron chi connectivity index (χ3n) is 1.72. The Morgan fingerprint density at radius 3 is 2.18 bits per heavy atom. The zero-order chi connectivity index (χ0) is 7.82. The highest BCUT2D eigenvalue weighted by atomic mass is 79.9. The van der Waals surface area contributed by atoms with Gasteiger partial charge in [-0.05, 0) is 12.8 Å². The van der Waals surface area contributed by atoms with Gasteiger partial charge in [-0.2, -0.15) is 0 Å². The lowest BCUT2D eigenvalue weighted by Gasteiger charge is -2.13. The topological polar surface area (TPSA) is 21.3 Å². The third-order valence-corrected chi connectivity index (χ3v) is 1.72. The fourth-order valence-corrected chi connectivity index (χ4v) is 0.942. The molecule has 0 aliphatic heterocycles. The molecule has 0 unspecified atom stereocenters. The van der Waals surface area contributed by atoms with Crippen LogP contribution in [-0.4, -0.2) is 26.3 Å². The van der Waals surface area contributed by atoms with Crippen molar-refractivity contribution in [1.82, 2.24) is 5.32 Å². The molecule has 3 heteroatoms. The molecule has 0 fully saturated rings. The minimum atomic E-state index is 0. The predicted octanol–water partition coefficient (Wildman–Crippen LogP) is 1.99. The lowest BCUT2D eigenvalue weighted by atomic mass is 10.2. The number of ether oxygens (including phenoxy) is 1. The quantitative estimate of drug-likeness (QED) is 0.699. The summed E-state index contributed by atoms with van der Waals surface area (Å²) in [7, 11) is 1.73. The Bertz CT molecular complexity index is 67.1. The van der Waals surface area contributed by atoms with Gasteiger partial charge in [0.25, 0.3) is 0 Å². The molecule has 0 aliphatic rings. The van der Waals surface area contributed by atoms with Crippen molar-refractivity contribution in [2.75, 3.05) is 20.3 Å². The van der Waals surface area contributed by atoms with Gasteiger partial charge in [0, 0.05) is 19.7 Å². The second-order valence-corrected chi connectivity index (χ2v) is 2.46. The maximum Gasteiger partial charge on any atom is 0.0587 e. The van der Waals surface area contributed by atoms with Crippen LogP contribution in [0.2, 0.25) is 0 Å². The molecule has 0 rings (SSSR count). The summed E-state index contributed by atoms with van der Waals surface area (Å²) >= 11 is 0. The molecule has 2 nitrogen and oxygen atoms in total. The summed E-state index contributed by atoms with van der Waals surface area (Å²) in [6, 6.07) is 0.676. The largest absolute Gasteiger partial charge is 0.383 e. The summed E-state index contributed by atoms with van der Waals surface area (Å²) in [5.74, 6) is 0. The second-order valence-electron chi connectivity index (χ2n) is 2.46. The van der Waals surface area contributed by atoms with Gasteiger partial charge in [0.05, 0.1) is 6.61 Å². The fourth-order valence-electron chi connectivity index (χ4n) is 0.942. The normalized spacial score (nSPS) is 9.82. The smallest absolute Gasteiger partial charge is 0.0587 e. The Morgan fingerprint density at radius 2 is 1.82 bits per heavy atom. The summed E-state index contributed by atoms with van der Waals surface area (Å²) in [4.78, 5) is 0. The molecule has 0 aromatic heterocycles. The van der Waals surface area contributed by atoms with Crippen LogP contribution in [0.4, 0.5) is 0 Å². The van der Waals surface area contributed by atoms with Gasteiger partial charge in [0.15, 0.2) is 0 Å². The average Bonchev–Trinajstić information content (AvgIpc) is 1.99. The fraction of sp³-hybridized carbons (Fsp3) is 1.00. The van der Waals surface area contributed by atoms with Gasteiger partial charge in [0.1, 0.15) is 0 Å². The molecule has 0 atom stereocenters. The van der Waals surface area contributed by atoms with Crippen LogP contribution in [0.15, 0.2) is 0 Å². The van der Waals surface area contributed by atoms with E-state index in [9.17, 15) is 0 Å². The molecule has 0 aromatic rings. The monoisotopic (exact) mass is 225 g/mol. The number of hydrogen-bond acceptors (Lipinski definition) is 2. The van der Waals surface area contributed by atoms with Gasteiger partial charge < -0.3 is 10.1 Å². The molecule has 1 N–H and O–H groups in total. The average molecular weight is 226 g/mol. The molecule has 0 bridgehead atoms. The van der Waals surface area contributed by atoms with Crippen molar-refractivity contribution >= 4 is 17.0 Å². The minimum absolute atomic E-state index is 0. The van der Waals surface area contributed by atoms with Crippen LogP contribution in [-0.2, 0) is 4.74 Å². The van der Waals surface area contributed by atoms with Gasteiger partial charge in [-0.3, -0.25) is 0 Å². The van der Waals surface area contributed by atoms with E-state index in [0.717, 1.165) is 13.2 Å². The molecule has 0 radical (unpaired) electrons. The summed E-state index contributed by atoms with van der Waals surface area (Å²) in [5.41, 5.74) is 0. The van der Waals surface area contributed by atoms with Gasteiger partial charge in [0.2, 0.25) is 0 Å². The van der Waals surface area contributed by atoms with E-state index in [1.165, 1.54) is 12.8 Å². The van der Waals surface area contributed by atoms with Crippen molar-refractivity contribution in [3.8, 4) is 0 Å². The highest BCUT2D eigenvalue weighted by Gasteiger charge is 1.99. The lowest BCUT2D eigenvalue weighted by Crippen LogP contribution is -2.30. The first-order valence-electron chi connectivity index (χ1n) is 4.07. The number of methoxy groups -OCH3 is 1. The van der Waals surface area contributed by atoms with Crippen LogP contribution in [0.25, 0.3) is 0 Å². The van der Waals surface area contributed by atoms with Crippen molar-refractivity contribution in [3.05, 3.63) is 0 Å². The van der Waals surface area contributed by atoms with Gasteiger partial charge in [-0.1, -0.05) is 13.8 Å². The number of hydrogen-bond donors (Lipinski definition) is 1.